The molecule has 3 rings (SSSR count). The first-order valence-corrected chi connectivity index (χ1v) is 8.63. The van der Waals surface area contributed by atoms with Gasteiger partial charge in [-0.2, -0.15) is 0 Å². The van der Waals surface area contributed by atoms with Gasteiger partial charge in [0.05, 0.1) is 19.3 Å². The topological polar surface area (TPSA) is 44.8 Å². The Balaban J connectivity index is 1.43. The number of urea groups is 1. The van der Waals surface area contributed by atoms with Crippen LogP contribution in [0.2, 0.25) is 0 Å². The SMILES string of the molecule is C[C@@H]1COCCN1C(=O)NC1CCN(Cc2ccccc2)CC1. The number of amides is 2. The molecular weight excluding hydrogens is 290 g/mol. The molecule has 0 spiro atoms. The first-order valence-electron chi connectivity index (χ1n) is 8.63. The second-order valence-corrected chi connectivity index (χ2v) is 6.60. The van der Waals surface area contributed by atoms with Crippen molar-refractivity contribution in [2.75, 3.05) is 32.8 Å². The molecule has 1 aromatic carbocycles. The Bertz CT molecular complexity index is 500. The molecule has 5 heteroatoms. The summed E-state index contributed by atoms with van der Waals surface area (Å²) >= 11 is 0. The third-order valence-electron chi connectivity index (χ3n) is 4.79. The Labute approximate surface area is 138 Å². The summed E-state index contributed by atoms with van der Waals surface area (Å²) in [5.74, 6) is 0. The number of nitrogens with zero attached hydrogens (tertiary/aromatic N) is 2. The van der Waals surface area contributed by atoms with Crippen molar-refractivity contribution in [1.29, 1.82) is 0 Å². The molecule has 1 N–H and O–H groups in total. The molecule has 0 aromatic heterocycles. The first-order chi connectivity index (χ1) is 11.2. The van der Waals surface area contributed by atoms with Crippen LogP contribution in [0.25, 0.3) is 0 Å². The normalized spacial score (nSPS) is 23.7. The van der Waals surface area contributed by atoms with E-state index >= 15 is 0 Å². The highest BCUT2D eigenvalue weighted by Gasteiger charge is 2.27. The van der Waals surface area contributed by atoms with Crippen LogP contribution in [0.4, 0.5) is 4.79 Å². The number of ether oxygens (including phenoxy) is 1. The van der Waals surface area contributed by atoms with E-state index in [9.17, 15) is 4.79 Å². The molecule has 0 bridgehead atoms. The lowest BCUT2D eigenvalue weighted by Gasteiger charge is -2.37. The number of likely N-dealkylation sites (tertiary alicyclic amines) is 1. The van der Waals surface area contributed by atoms with Crippen molar-refractivity contribution in [3.05, 3.63) is 35.9 Å². The molecule has 23 heavy (non-hydrogen) atoms. The number of nitrogens with one attached hydrogen (secondary N) is 1. The monoisotopic (exact) mass is 317 g/mol. The minimum Gasteiger partial charge on any atom is -0.377 e. The summed E-state index contributed by atoms with van der Waals surface area (Å²) in [6.07, 6.45) is 2.05. The van der Waals surface area contributed by atoms with Crippen LogP contribution >= 0.6 is 0 Å². The summed E-state index contributed by atoms with van der Waals surface area (Å²) in [5, 5.41) is 3.21. The lowest BCUT2D eigenvalue weighted by molar-refractivity contribution is 0.0178. The van der Waals surface area contributed by atoms with Crippen LogP contribution in [0.1, 0.15) is 25.3 Å². The summed E-state index contributed by atoms with van der Waals surface area (Å²) in [5.41, 5.74) is 1.36. The fourth-order valence-electron chi connectivity index (χ4n) is 3.36. The van der Waals surface area contributed by atoms with Crippen LogP contribution in [-0.2, 0) is 11.3 Å². The van der Waals surface area contributed by atoms with E-state index in [-0.39, 0.29) is 12.1 Å². The summed E-state index contributed by atoms with van der Waals surface area (Å²) in [6.45, 7) is 7.11. The lowest BCUT2D eigenvalue weighted by Crippen LogP contribution is -2.54. The number of piperidine rings is 1. The molecule has 2 amide bonds. The Morgan fingerprint density at radius 2 is 1.96 bits per heavy atom. The van der Waals surface area contributed by atoms with Crippen molar-refractivity contribution >= 4 is 6.03 Å². The Morgan fingerprint density at radius 3 is 2.65 bits per heavy atom. The van der Waals surface area contributed by atoms with E-state index in [2.05, 4.69) is 40.5 Å². The number of hydrogen-bond acceptors (Lipinski definition) is 3. The molecule has 2 aliphatic rings. The Kier molecular flexibility index (Phi) is 5.51. The maximum atomic E-state index is 12.4. The highest BCUT2D eigenvalue weighted by Crippen LogP contribution is 2.15. The largest absolute Gasteiger partial charge is 0.377 e. The second-order valence-electron chi connectivity index (χ2n) is 6.60. The van der Waals surface area contributed by atoms with E-state index < -0.39 is 0 Å². The fourth-order valence-corrected chi connectivity index (χ4v) is 3.36. The second kappa shape index (κ2) is 7.79. The van der Waals surface area contributed by atoms with Gasteiger partial charge in [0.15, 0.2) is 0 Å². The van der Waals surface area contributed by atoms with Crippen LogP contribution in [0, 0.1) is 0 Å². The average Bonchev–Trinajstić information content (AvgIpc) is 2.58. The van der Waals surface area contributed by atoms with Crippen LogP contribution < -0.4 is 5.32 Å². The molecule has 2 fully saturated rings. The van der Waals surface area contributed by atoms with Gasteiger partial charge in [-0.15, -0.1) is 0 Å². The minimum atomic E-state index is 0.0716. The molecule has 1 aromatic rings. The number of morpholine rings is 1. The van der Waals surface area contributed by atoms with Crippen molar-refractivity contribution < 1.29 is 9.53 Å². The van der Waals surface area contributed by atoms with Crippen molar-refractivity contribution in [3.63, 3.8) is 0 Å². The first kappa shape index (κ1) is 16.3. The van der Waals surface area contributed by atoms with Crippen molar-refractivity contribution in [1.82, 2.24) is 15.1 Å². The van der Waals surface area contributed by atoms with Crippen molar-refractivity contribution in [2.24, 2.45) is 0 Å². The van der Waals surface area contributed by atoms with Gasteiger partial charge >= 0.3 is 6.03 Å². The van der Waals surface area contributed by atoms with Crippen LogP contribution in [-0.4, -0.2) is 60.8 Å². The number of rotatable bonds is 3. The zero-order valence-electron chi connectivity index (χ0n) is 13.9. The third kappa shape index (κ3) is 4.45. The zero-order valence-corrected chi connectivity index (χ0v) is 13.9. The van der Waals surface area contributed by atoms with E-state index in [1.54, 1.807) is 0 Å². The van der Waals surface area contributed by atoms with Crippen LogP contribution in [0.3, 0.4) is 0 Å². The van der Waals surface area contributed by atoms with E-state index in [0.29, 0.717) is 25.8 Å². The molecule has 1 atom stereocenters. The van der Waals surface area contributed by atoms with Gasteiger partial charge in [0.1, 0.15) is 0 Å². The smallest absolute Gasteiger partial charge is 0.318 e. The summed E-state index contributed by atoms with van der Waals surface area (Å²) < 4.78 is 5.39. The van der Waals surface area contributed by atoms with E-state index in [1.807, 2.05) is 11.8 Å². The maximum absolute atomic E-state index is 12.4. The quantitative estimate of drug-likeness (QED) is 0.928. The summed E-state index contributed by atoms with van der Waals surface area (Å²) in [7, 11) is 0. The van der Waals surface area contributed by atoms with Gasteiger partial charge in [-0.05, 0) is 25.3 Å². The highest BCUT2D eigenvalue weighted by atomic mass is 16.5. The predicted molar refractivity (Wildman–Crippen MR) is 90.3 cm³/mol. The molecule has 5 nitrogen and oxygen atoms in total. The molecule has 0 saturated carbocycles. The molecule has 126 valence electrons. The summed E-state index contributed by atoms with van der Waals surface area (Å²) in [4.78, 5) is 16.8. The standard InChI is InChI=1S/C18H27N3O2/c1-15-14-23-12-11-21(15)18(22)19-17-7-9-20(10-8-17)13-16-5-3-2-4-6-16/h2-6,15,17H,7-14H2,1H3,(H,19,22)/t15-/m1/s1. The molecule has 2 heterocycles. The average molecular weight is 317 g/mol. The third-order valence-corrected chi connectivity index (χ3v) is 4.79. The number of carbonyl (C=O) groups excluding carboxylic acids is 1. The zero-order chi connectivity index (χ0) is 16.1. The maximum Gasteiger partial charge on any atom is 0.318 e. The van der Waals surface area contributed by atoms with E-state index in [0.717, 1.165) is 32.5 Å². The van der Waals surface area contributed by atoms with Crippen molar-refractivity contribution in [2.45, 2.75) is 38.4 Å². The number of carbonyl (C=O) groups is 1. The van der Waals surface area contributed by atoms with Crippen LogP contribution in [0.15, 0.2) is 30.3 Å². The molecule has 2 saturated heterocycles. The van der Waals surface area contributed by atoms with Gasteiger partial charge in [0.25, 0.3) is 0 Å². The van der Waals surface area contributed by atoms with E-state index in [4.69, 9.17) is 4.74 Å². The highest BCUT2D eigenvalue weighted by molar-refractivity contribution is 5.75. The van der Waals surface area contributed by atoms with E-state index in [1.165, 1.54) is 5.56 Å². The Hall–Kier alpha value is -1.59. The van der Waals surface area contributed by atoms with Gasteiger partial charge in [0.2, 0.25) is 0 Å². The van der Waals surface area contributed by atoms with Gasteiger partial charge in [-0.3, -0.25) is 4.90 Å². The number of benzene rings is 1. The minimum absolute atomic E-state index is 0.0716. The molecule has 0 radical (unpaired) electrons. The van der Waals surface area contributed by atoms with Crippen molar-refractivity contribution in [3.8, 4) is 0 Å². The fraction of sp³-hybridized carbons (Fsp3) is 0.611. The van der Waals surface area contributed by atoms with Gasteiger partial charge in [-0.25, -0.2) is 4.79 Å². The molecular formula is C18H27N3O2. The summed E-state index contributed by atoms with van der Waals surface area (Å²) in [6, 6.07) is 11.1. The predicted octanol–water partition coefficient (Wildman–Crippen LogP) is 2.08. The number of hydrogen-bond donors (Lipinski definition) is 1. The lowest BCUT2D eigenvalue weighted by atomic mass is 10.0. The molecule has 2 aliphatic heterocycles. The van der Waals surface area contributed by atoms with Gasteiger partial charge in [0, 0.05) is 32.2 Å². The van der Waals surface area contributed by atoms with Gasteiger partial charge in [-0.1, -0.05) is 30.3 Å². The Morgan fingerprint density at radius 1 is 1.22 bits per heavy atom. The van der Waals surface area contributed by atoms with Crippen LogP contribution in [0.5, 0.6) is 0 Å². The molecule has 0 unspecified atom stereocenters. The molecule has 0 aliphatic carbocycles. The van der Waals surface area contributed by atoms with Gasteiger partial charge < -0.3 is 15.0 Å².